The van der Waals surface area contributed by atoms with Crippen molar-refractivity contribution >= 4 is 20.4 Å². The Morgan fingerprint density at radius 1 is 1.06 bits per heavy atom. The van der Waals surface area contributed by atoms with Crippen LogP contribution < -0.4 is 0 Å². The SMILES string of the molecule is CO[Si](OC)(OC)C(CCCl)c1ccccc1. The van der Waals surface area contributed by atoms with Gasteiger partial charge in [-0.2, -0.15) is 0 Å². The molecule has 0 bridgehead atoms. The number of benzene rings is 1. The number of hydrogen-bond donors (Lipinski definition) is 0. The van der Waals surface area contributed by atoms with Crippen molar-refractivity contribution < 1.29 is 13.3 Å². The highest BCUT2D eigenvalue weighted by atomic mass is 35.5. The third kappa shape index (κ3) is 3.30. The maximum Gasteiger partial charge on any atom is 0.508 e. The van der Waals surface area contributed by atoms with E-state index in [1.807, 2.05) is 18.2 Å². The van der Waals surface area contributed by atoms with Crippen molar-refractivity contribution in [2.75, 3.05) is 27.2 Å². The molecule has 0 fully saturated rings. The van der Waals surface area contributed by atoms with Gasteiger partial charge in [0.05, 0.1) is 5.54 Å². The first kappa shape index (κ1) is 14.7. The van der Waals surface area contributed by atoms with Gasteiger partial charge in [0, 0.05) is 27.2 Å². The van der Waals surface area contributed by atoms with Gasteiger partial charge in [-0.15, -0.1) is 11.6 Å². The lowest BCUT2D eigenvalue weighted by molar-refractivity contribution is 0.111. The molecule has 0 radical (unpaired) electrons. The van der Waals surface area contributed by atoms with Crippen LogP contribution in [0, 0.1) is 0 Å². The average molecular weight is 275 g/mol. The fourth-order valence-corrected chi connectivity index (χ4v) is 4.87. The largest absolute Gasteiger partial charge is 0.508 e. The fraction of sp³-hybridized carbons (Fsp3) is 0.500. The molecule has 5 heteroatoms. The van der Waals surface area contributed by atoms with Crippen molar-refractivity contribution in [3.63, 3.8) is 0 Å². The molecule has 0 aliphatic carbocycles. The minimum absolute atomic E-state index is 0.0706. The molecular formula is C12H19ClO3Si. The predicted molar refractivity (Wildman–Crippen MR) is 71.3 cm³/mol. The van der Waals surface area contributed by atoms with E-state index in [1.54, 1.807) is 21.3 Å². The summed E-state index contributed by atoms with van der Waals surface area (Å²) in [6.07, 6.45) is 0.771. The first-order chi connectivity index (χ1) is 8.24. The summed E-state index contributed by atoms with van der Waals surface area (Å²) in [5.41, 5.74) is 1.21. The zero-order chi connectivity index (χ0) is 12.7. The summed E-state index contributed by atoms with van der Waals surface area (Å²) in [5.74, 6) is 0.546. The summed E-state index contributed by atoms with van der Waals surface area (Å²) in [4.78, 5) is 0. The molecule has 0 spiro atoms. The number of hydrogen-bond acceptors (Lipinski definition) is 3. The second kappa shape index (κ2) is 7.13. The summed E-state index contributed by atoms with van der Waals surface area (Å²) in [6, 6.07) is 10.1. The van der Waals surface area contributed by atoms with Crippen LogP contribution in [0.4, 0.5) is 0 Å². The van der Waals surface area contributed by atoms with E-state index in [0.29, 0.717) is 5.88 Å². The van der Waals surface area contributed by atoms with E-state index in [1.165, 1.54) is 0 Å². The van der Waals surface area contributed by atoms with E-state index in [0.717, 1.165) is 12.0 Å². The van der Waals surface area contributed by atoms with Gasteiger partial charge in [0.15, 0.2) is 0 Å². The Hall–Kier alpha value is -0.393. The zero-order valence-electron chi connectivity index (χ0n) is 10.5. The Bertz CT molecular complexity index is 309. The molecule has 3 nitrogen and oxygen atoms in total. The molecule has 0 aliphatic heterocycles. The molecule has 0 heterocycles. The van der Waals surface area contributed by atoms with Gasteiger partial charge in [-0.3, -0.25) is 0 Å². The van der Waals surface area contributed by atoms with Gasteiger partial charge in [0.1, 0.15) is 0 Å². The molecule has 0 saturated heterocycles. The van der Waals surface area contributed by atoms with E-state index < -0.39 is 8.80 Å². The molecule has 0 saturated carbocycles. The molecule has 17 heavy (non-hydrogen) atoms. The number of rotatable bonds is 7. The monoisotopic (exact) mass is 274 g/mol. The van der Waals surface area contributed by atoms with Crippen LogP contribution in [0.1, 0.15) is 17.5 Å². The van der Waals surface area contributed by atoms with Crippen LogP contribution >= 0.6 is 11.6 Å². The smallest absolute Gasteiger partial charge is 0.376 e. The summed E-state index contributed by atoms with van der Waals surface area (Å²) >= 11 is 5.88. The average Bonchev–Trinajstić information content (AvgIpc) is 2.41. The summed E-state index contributed by atoms with van der Waals surface area (Å²) in [6.45, 7) is 0. The van der Waals surface area contributed by atoms with Crippen LogP contribution in [0.15, 0.2) is 30.3 Å². The highest BCUT2D eigenvalue weighted by Crippen LogP contribution is 2.31. The van der Waals surface area contributed by atoms with Gasteiger partial charge in [0.25, 0.3) is 0 Å². The zero-order valence-corrected chi connectivity index (χ0v) is 12.2. The van der Waals surface area contributed by atoms with Crippen molar-refractivity contribution in [1.82, 2.24) is 0 Å². The van der Waals surface area contributed by atoms with Crippen molar-refractivity contribution in [2.45, 2.75) is 12.0 Å². The van der Waals surface area contributed by atoms with Crippen molar-refractivity contribution in [3.05, 3.63) is 35.9 Å². The number of halogens is 1. The van der Waals surface area contributed by atoms with Crippen LogP contribution in [-0.4, -0.2) is 36.0 Å². The predicted octanol–water partition coefficient (Wildman–Crippen LogP) is 2.82. The molecular weight excluding hydrogens is 256 g/mol. The Morgan fingerprint density at radius 2 is 1.59 bits per heavy atom. The van der Waals surface area contributed by atoms with Gasteiger partial charge in [-0.25, -0.2) is 0 Å². The topological polar surface area (TPSA) is 27.7 Å². The maximum atomic E-state index is 5.88. The van der Waals surface area contributed by atoms with Crippen LogP contribution in [0.2, 0.25) is 0 Å². The van der Waals surface area contributed by atoms with Crippen molar-refractivity contribution in [2.24, 2.45) is 0 Å². The summed E-state index contributed by atoms with van der Waals surface area (Å²) < 4.78 is 16.6. The molecule has 1 atom stereocenters. The molecule has 0 amide bonds. The second-order valence-electron chi connectivity index (χ2n) is 3.66. The third-order valence-electron chi connectivity index (χ3n) is 2.88. The summed E-state index contributed by atoms with van der Waals surface area (Å²) in [5, 5.41) is 0. The molecule has 0 N–H and O–H groups in total. The van der Waals surface area contributed by atoms with Crippen molar-refractivity contribution in [3.8, 4) is 0 Å². The van der Waals surface area contributed by atoms with E-state index in [2.05, 4.69) is 12.1 Å². The standard InChI is InChI=1S/C12H19ClO3Si/c1-14-17(15-2,16-3)12(9-10-13)11-7-5-4-6-8-11/h4-8,12H,9-10H2,1-3H3. The van der Waals surface area contributed by atoms with E-state index in [9.17, 15) is 0 Å². The number of alkyl halides is 1. The molecule has 1 aromatic carbocycles. The minimum Gasteiger partial charge on any atom is -0.376 e. The molecule has 1 aromatic rings. The minimum atomic E-state index is -2.69. The highest BCUT2D eigenvalue weighted by Gasteiger charge is 2.47. The third-order valence-corrected chi connectivity index (χ3v) is 6.28. The van der Waals surface area contributed by atoms with Crippen LogP contribution in [0.25, 0.3) is 0 Å². The summed E-state index contributed by atoms with van der Waals surface area (Å²) in [7, 11) is 2.19. The normalized spacial score (nSPS) is 13.6. The lowest BCUT2D eigenvalue weighted by atomic mass is 10.1. The Labute approximate surface area is 109 Å². The molecule has 96 valence electrons. The first-order valence-electron chi connectivity index (χ1n) is 5.50. The molecule has 1 unspecified atom stereocenters. The maximum absolute atomic E-state index is 5.88. The quantitative estimate of drug-likeness (QED) is 0.565. The lowest BCUT2D eigenvalue weighted by Gasteiger charge is -2.32. The Balaban J connectivity index is 3.07. The van der Waals surface area contributed by atoms with Crippen LogP contribution in [0.5, 0.6) is 0 Å². The van der Waals surface area contributed by atoms with Gasteiger partial charge < -0.3 is 13.3 Å². The lowest BCUT2D eigenvalue weighted by Crippen LogP contribution is -2.49. The first-order valence-corrected chi connectivity index (χ1v) is 7.84. The Kier molecular flexibility index (Phi) is 6.15. The van der Waals surface area contributed by atoms with E-state index in [4.69, 9.17) is 24.9 Å². The highest BCUT2D eigenvalue weighted by molar-refractivity contribution is 6.62. The van der Waals surface area contributed by atoms with Gasteiger partial charge in [0.2, 0.25) is 0 Å². The van der Waals surface area contributed by atoms with E-state index in [-0.39, 0.29) is 5.54 Å². The van der Waals surface area contributed by atoms with Gasteiger partial charge in [-0.05, 0) is 12.0 Å². The second-order valence-corrected chi connectivity index (χ2v) is 7.16. The van der Waals surface area contributed by atoms with Crippen LogP contribution in [-0.2, 0) is 13.3 Å². The van der Waals surface area contributed by atoms with Gasteiger partial charge >= 0.3 is 8.80 Å². The Morgan fingerprint density at radius 3 is 2.00 bits per heavy atom. The van der Waals surface area contributed by atoms with E-state index >= 15 is 0 Å². The fourth-order valence-electron chi connectivity index (χ4n) is 2.02. The van der Waals surface area contributed by atoms with Crippen molar-refractivity contribution in [1.29, 1.82) is 0 Å². The van der Waals surface area contributed by atoms with Gasteiger partial charge in [-0.1, -0.05) is 30.3 Å². The molecule has 1 rings (SSSR count). The molecule has 0 aromatic heterocycles. The van der Waals surface area contributed by atoms with Crippen LogP contribution in [0.3, 0.4) is 0 Å². The molecule has 0 aliphatic rings.